The highest BCUT2D eigenvalue weighted by atomic mass is 16.3. The summed E-state index contributed by atoms with van der Waals surface area (Å²) in [4.78, 5) is 19.6. The molecule has 0 unspecified atom stereocenters. The molecule has 4 heteroatoms. The van der Waals surface area contributed by atoms with Crippen molar-refractivity contribution in [3.63, 3.8) is 0 Å². The number of aromatic nitrogens is 1. The van der Waals surface area contributed by atoms with Gasteiger partial charge in [-0.25, -0.2) is 4.98 Å². The summed E-state index contributed by atoms with van der Waals surface area (Å²) >= 11 is 0. The Morgan fingerprint density at radius 1 is 1.19 bits per heavy atom. The van der Waals surface area contributed by atoms with Crippen LogP contribution in [0.15, 0.2) is 41.5 Å². The molecule has 0 spiro atoms. The van der Waals surface area contributed by atoms with Crippen LogP contribution >= 0.6 is 0 Å². The molecule has 0 aliphatic rings. The Balaban J connectivity index is 2.76. The van der Waals surface area contributed by atoms with Crippen molar-refractivity contribution < 1.29 is 9.90 Å². The lowest BCUT2D eigenvalue weighted by molar-refractivity contribution is -0.114. The molecule has 2 aromatic rings. The van der Waals surface area contributed by atoms with Crippen molar-refractivity contribution in [2.45, 2.75) is 73.5 Å². The average molecular weight is 437 g/mol. The zero-order valence-corrected chi connectivity index (χ0v) is 21.3. The Labute approximate surface area is 194 Å². The molecule has 2 rings (SSSR count). The third kappa shape index (κ3) is 5.54. The maximum absolute atomic E-state index is 12.4. The summed E-state index contributed by atoms with van der Waals surface area (Å²) in [5.74, 6) is -0.0331. The van der Waals surface area contributed by atoms with E-state index < -0.39 is 5.60 Å². The summed E-state index contributed by atoms with van der Waals surface area (Å²) in [6.45, 7) is 14.3. The van der Waals surface area contributed by atoms with E-state index in [1.165, 1.54) is 16.5 Å². The van der Waals surface area contributed by atoms with Crippen molar-refractivity contribution in [2.75, 3.05) is 14.1 Å². The molecular formula is C28H40N2O2. The highest BCUT2D eigenvalue weighted by Crippen LogP contribution is 2.34. The van der Waals surface area contributed by atoms with Crippen molar-refractivity contribution in [3.8, 4) is 0 Å². The predicted octanol–water partition coefficient (Wildman–Crippen LogP) is 5.96. The largest absolute Gasteiger partial charge is 0.385 e. The zero-order valence-electron chi connectivity index (χ0n) is 21.3. The molecule has 1 atom stereocenters. The second-order valence-corrected chi connectivity index (χ2v) is 9.50. The van der Waals surface area contributed by atoms with Gasteiger partial charge in [0.25, 0.3) is 0 Å². The molecule has 1 aromatic heterocycles. The van der Waals surface area contributed by atoms with Gasteiger partial charge in [-0.3, -0.25) is 4.79 Å². The first kappa shape index (κ1) is 26.0. The van der Waals surface area contributed by atoms with Crippen molar-refractivity contribution >= 4 is 22.3 Å². The quantitative estimate of drug-likeness (QED) is 0.389. The number of carbonyl (C=O) groups is 1. The number of Topliss-reactive ketones (excluding diaryl/α,β-unsaturated/α-hetero) is 1. The van der Waals surface area contributed by atoms with E-state index in [4.69, 9.17) is 4.98 Å². The van der Waals surface area contributed by atoms with Gasteiger partial charge in [-0.2, -0.15) is 0 Å². The fourth-order valence-electron chi connectivity index (χ4n) is 4.15. The number of hydrogen-bond donors (Lipinski definition) is 1. The van der Waals surface area contributed by atoms with Gasteiger partial charge in [0.05, 0.1) is 16.8 Å². The predicted molar refractivity (Wildman–Crippen MR) is 136 cm³/mol. The van der Waals surface area contributed by atoms with Crippen LogP contribution in [0.5, 0.6) is 0 Å². The first-order chi connectivity index (χ1) is 14.9. The number of rotatable bonds is 9. The van der Waals surface area contributed by atoms with Crippen LogP contribution in [-0.4, -0.2) is 40.5 Å². The number of hydrogen-bond acceptors (Lipinski definition) is 4. The minimum atomic E-state index is -1.11. The maximum Gasteiger partial charge on any atom is 0.156 e. The Kier molecular flexibility index (Phi) is 8.55. The molecule has 1 N–H and O–H groups in total. The van der Waals surface area contributed by atoms with Crippen LogP contribution < -0.4 is 0 Å². The molecule has 174 valence electrons. The van der Waals surface area contributed by atoms with Crippen LogP contribution in [0.3, 0.4) is 0 Å². The Bertz CT molecular complexity index is 1040. The van der Waals surface area contributed by atoms with Crippen LogP contribution in [0.4, 0.5) is 0 Å². The van der Waals surface area contributed by atoms with Crippen LogP contribution in [0, 0.1) is 5.92 Å². The molecule has 0 amide bonds. The first-order valence-electron chi connectivity index (χ1n) is 11.7. The Hall–Kier alpha value is -2.30. The summed E-state index contributed by atoms with van der Waals surface area (Å²) in [6, 6.07) is 8.53. The highest BCUT2D eigenvalue weighted by Gasteiger charge is 2.32. The monoisotopic (exact) mass is 436 g/mol. The maximum atomic E-state index is 12.4. The molecule has 0 saturated heterocycles. The van der Waals surface area contributed by atoms with Gasteiger partial charge in [0.15, 0.2) is 5.78 Å². The van der Waals surface area contributed by atoms with Gasteiger partial charge in [-0.15, -0.1) is 0 Å². The molecule has 1 heterocycles. The third-order valence-electron chi connectivity index (χ3n) is 6.40. The minimum absolute atomic E-state index is 0.00277. The fraction of sp³-hybridized carbons (Fsp3) is 0.500. The van der Waals surface area contributed by atoms with Gasteiger partial charge >= 0.3 is 0 Å². The molecule has 32 heavy (non-hydrogen) atoms. The van der Waals surface area contributed by atoms with Crippen LogP contribution in [0.2, 0.25) is 0 Å². The summed E-state index contributed by atoms with van der Waals surface area (Å²) in [5, 5.41) is 12.5. The number of aryl methyl sites for hydroxylation is 1. The minimum Gasteiger partial charge on any atom is -0.385 e. The summed E-state index contributed by atoms with van der Waals surface area (Å²) in [6.07, 6.45) is 3.42. The molecule has 4 nitrogen and oxygen atoms in total. The summed E-state index contributed by atoms with van der Waals surface area (Å²) in [7, 11) is 4.14. The SMILES string of the molecule is CC/C(C(C)=O)=C(/C=C(\C)c1nc2cccc(CN(C)C)c2cc1CC)[C@](C)(O)C(C)C. The van der Waals surface area contributed by atoms with Gasteiger partial charge in [0.2, 0.25) is 0 Å². The lowest BCUT2D eigenvalue weighted by Gasteiger charge is -2.31. The number of ketones is 1. The van der Waals surface area contributed by atoms with Crippen LogP contribution in [-0.2, 0) is 17.8 Å². The third-order valence-corrected chi connectivity index (χ3v) is 6.40. The number of allylic oxidation sites excluding steroid dienone is 2. The van der Waals surface area contributed by atoms with E-state index in [1.807, 2.05) is 33.8 Å². The number of carbonyl (C=O) groups excluding carboxylic acids is 1. The molecule has 0 aliphatic heterocycles. The van der Waals surface area contributed by atoms with Gasteiger partial charge < -0.3 is 10.0 Å². The number of nitrogens with zero attached hydrogens (tertiary/aromatic N) is 2. The molecule has 0 fully saturated rings. The van der Waals surface area contributed by atoms with E-state index >= 15 is 0 Å². The fourth-order valence-corrected chi connectivity index (χ4v) is 4.15. The van der Waals surface area contributed by atoms with Gasteiger partial charge in [-0.05, 0) is 88.0 Å². The molecular weight excluding hydrogens is 396 g/mol. The lowest BCUT2D eigenvalue weighted by atomic mass is 9.79. The molecule has 1 aromatic carbocycles. The molecule has 0 radical (unpaired) electrons. The van der Waals surface area contributed by atoms with Crippen molar-refractivity contribution in [2.24, 2.45) is 5.92 Å². The topological polar surface area (TPSA) is 53.4 Å². The van der Waals surface area contributed by atoms with E-state index in [0.29, 0.717) is 17.6 Å². The first-order valence-corrected chi connectivity index (χ1v) is 11.7. The highest BCUT2D eigenvalue weighted by molar-refractivity contribution is 5.95. The van der Waals surface area contributed by atoms with Crippen molar-refractivity contribution in [3.05, 3.63) is 58.3 Å². The smallest absolute Gasteiger partial charge is 0.156 e. The number of benzene rings is 1. The normalized spacial score (nSPS) is 15.3. The Morgan fingerprint density at radius 3 is 2.34 bits per heavy atom. The van der Waals surface area contributed by atoms with E-state index in [1.54, 1.807) is 13.8 Å². The van der Waals surface area contributed by atoms with Crippen molar-refractivity contribution in [1.82, 2.24) is 9.88 Å². The summed E-state index contributed by atoms with van der Waals surface area (Å²) in [5.41, 5.74) is 5.55. The second kappa shape index (κ2) is 10.5. The molecule has 0 aliphatic carbocycles. The zero-order chi connectivity index (χ0) is 24.2. The number of aliphatic hydroxyl groups is 1. The van der Waals surface area contributed by atoms with Crippen LogP contribution in [0.1, 0.15) is 71.7 Å². The average Bonchev–Trinajstić information content (AvgIpc) is 2.71. The number of pyridine rings is 1. The molecule has 0 saturated carbocycles. The Morgan fingerprint density at radius 2 is 1.84 bits per heavy atom. The van der Waals surface area contributed by atoms with Crippen LogP contribution in [0.25, 0.3) is 16.5 Å². The van der Waals surface area contributed by atoms with E-state index in [0.717, 1.165) is 29.7 Å². The van der Waals surface area contributed by atoms with Crippen molar-refractivity contribution in [1.29, 1.82) is 0 Å². The van der Waals surface area contributed by atoms with E-state index in [2.05, 4.69) is 50.2 Å². The lowest BCUT2D eigenvalue weighted by Crippen LogP contribution is -2.34. The summed E-state index contributed by atoms with van der Waals surface area (Å²) < 4.78 is 0. The van der Waals surface area contributed by atoms with E-state index in [9.17, 15) is 9.90 Å². The van der Waals surface area contributed by atoms with E-state index in [-0.39, 0.29) is 11.7 Å². The molecule has 0 bridgehead atoms. The van der Waals surface area contributed by atoms with Gasteiger partial charge in [0, 0.05) is 17.5 Å². The van der Waals surface area contributed by atoms with Gasteiger partial charge in [0.1, 0.15) is 0 Å². The standard InChI is InChI=1S/C28H40N2O2/c1-10-21-16-24-22(17-30(8)9)13-12-14-26(24)29-27(21)19(5)15-25(23(11-2)20(6)31)28(7,32)18(3)4/h12-16,18,32H,10-11,17H2,1-9H3/b19-15+,25-23+/t28-/m1/s1. The second-order valence-electron chi connectivity index (χ2n) is 9.50. The number of fused-ring (bicyclic) bond motifs is 1. The van der Waals surface area contributed by atoms with Gasteiger partial charge in [-0.1, -0.05) is 45.9 Å².